The van der Waals surface area contributed by atoms with Crippen molar-refractivity contribution in [2.75, 3.05) is 0 Å². The molecule has 0 saturated heterocycles. The van der Waals surface area contributed by atoms with Crippen molar-refractivity contribution in [3.63, 3.8) is 0 Å². The molecular weight excluding hydrogens is 783 g/mol. The van der Waals surface area contributed by atoms with E-state index in [9.17, 15) is 0 Å². The summed E-state index contributed by atoms with van der Waals surface area (Å²) in [6.07, 6.45) is 0. The van der Waals surface area contributed by atoms with E-state index in [0.717, 1.165) is 83.8 Å². The second-order valence-corrected chi connectivity index (χ2v) is 16.8. The summed E-state index contributed by atoms with van der Waals surface area (Å²) in [5, 5.41) is 4.47. The summed E-state index contributed by atoms with van der Waals surface area (Å²) in [7, 11) is 0. The van der Waals surface area contributed by atoms with Crippen molar-refractivity contribution in [2.45, 2.75) is 5.41 Å². The smallest absolute Gasteiger partial charge is 0.161 e. The van der Waals surface area contributed by atoms with Gasteiger partial charge in [0.15, 0.2) is 5.82 Å². The van der Waals surface area contributed by atoms with Gasteiger partial charge in [0.25, 0.3) is 0 Å². The summed E-state index contributed by atoms with van der Waals surface area (Å²) in [5.41, 5.74) is 16.1. The normalized spacial score (nSPS) is 14.8. The van der Waals surface area contributed by atoms with Crippen LogP contribution >= 0.6 is 0 Å². The maximum Gasteiger partial charge on any atom is 0.161 e. The molecule has 1 atom stereocenters. The molecule has 0 saturated carbocycles. The Bertz CT molecular complexity index is 3830. The maximum absolute atomic E-state index is 6.88. The summed E-state index contributed by atoms with van der Waals surface area (Å²) in [6, 6.07) is 75.2. The molecule has 2 aliphatic rings. The molecule has 298 valence electrons. The highest BCUT2D eigenvalue weighted by Crippen LogP contribution is 2.60. The van der Waals surface area contributed by atoms with Crippen LogP contribution in [0.1, 0.15) is 22.3 Å². The highest BCUT2D eigenvalue weighted by atomic mass is 16.5. The van der Waals surface area contributed by atoms with E-state index >= 15 is 0 Å². The zero-order chi connectivity index (χ0) is 41.9. The highest BCUT2D eigenvalue weighted by Gasteiger charge is 2.50. The average molecular weight is 818 g/mol. The number of benzene rings is 9. The van der Waals surface area contributed by atoms with Crippen LogP contribution in [0.3, 0.4) is 0 Å². The van der Waals surface area contributed by atoms with Crippen LogP contribution in [0.5, 0.6) is 11.5 Å². The summed E-state index contributed by atoms with van der Waals surface area (Å²) >= 11 is 0. The first-order valence-corrected chi connectivity index (χ1v) is 21.7. The molecule has 0 fully saturated rings. The zero-order valence-electron chi connectivity index (χ0n) is 34.4. The number of furan rings is 1. The predicted octanol–water partition coefficient (Wildman–Crippen LogP) is 14.9. The van der Waals surface area contributed by atoms with Gasteiger partial charge in [-0.25, -0.2) is 9.97 Å². The van der Waals surface area contributed by atoms with Gasteiger partial charge in [-0.3, -0.25) is 0 Å². The molecule has 3 aromatic heterocycles. The van der Waals surface area contributed by atoms with Crippen molar-refractivity contribution in [3.05, 3.63) is 235 Å². The molecule has 2 aliphatic heterocycles. The lowest BCUT2D eigenvalue weighted by molar-refractivity contribution is 0.434. The Kier molecular flexibility index (Phi) is 7.26. The van der Waals surface area contributed by atoms with Gasteiger partial charge in [-0.2, -0.15) is 0 Å². The van der Waals surface area contributed by atoms with Gasteiger partial charge >= 0.3 is 0 Å². The van der Waals surface area contributed by atoms with E-state index in [-0.39, 0.29) is 0 Å². The third-order valence-electron chi connectivity index (χ3n) is 13.5. The molecule has 12 aromatic rings. The zero-order valence-corrected chi connectivity index (χ0v) is 34.4. The summed E-state index contributed by atoms with van der Waals surface area (Å²) in [6.45, 7) is 0. The van der Waals surface area contributed by atoms with E-state index in [4.69, 9.17) is 19.1 Å². The van der Waals surface area contributed by atoms with Gasteiger partial charge in [-0.15, -0.1) is 0 Å². The van der Waals surface area contributed by atoms with Crippen molar-refractivity contribution in [2.24, 2.45) is 0 Å². The lowest BCUT2D eigenvalue weighted by atomic mass is 9.61. The average Bonchev–Trinajstić information content (AvgIpc) is 3.92. The molecule has 0 aliphatic carbocycles. The quantitative estimate of drug-likeness (QED) is 0.178. The van der Waals surface area contributed by atoms with Crippen molar-refractivity contribution in [1.82, 2.24) is 14.5 Å². The summed E-state index contributed by atoms with van der Waals surface area (Å²) < 4.78 is 16.0. The second-order valence-electron chi connectivity index (χ2n) is 16.8. The predicted molar refractivity (Wildman–Crippen MR) is 257 cm³/mol. The summed E-state index contributed by atoms with van der Waals surface area (Å²) in [5.74, 6) is 2.36. The Hall–Kier alpha value is -8.54. The molecule has 0 amide bonds. The number of hydrogen-bond donors (Lipinski definition) is 0. The van der Waals surface area contributed by atoms with Crippen molar-refractivity contribution >= 4 is 43.7 Å². The molecular formula is C59H35N3O2. The molecule has 0 bridgehead atoms. The van der Waals surface area contributed by atoms with E-state index in [0.29, 0.717) is 5.82 Å². The van der Waals surface area contributed by atoms with Gasteiger partial charge in [-0.1, -0.05) is 158 Å². The SMILES string of the molecule is c1ccc(-c2cc(-c3ccccc3)nc(-c3cccc4oc5ccc(-c6ccc7c(c6)C6(c8ccccc8O7)c7ccccc7-n7c8ccccc8c8cccc6c87)cc5c34)n2)cc1. The number of hydrogen-bond acceptors (Lipinski definition) is 4. The molecule has 0 N–H and O–H groups in total. The van der Waals surface area contributed by atoms with Gasteiger partial charge < -0.3 is 13.7 Å². The number of fused-ring (bicyclic) bond motifs is 14. The van der Waals surface area contributed by atoms with Crippen LogP contribution in [-0.2, 0) is 5.41 Å². The Balaban J connectivity index is 0.999. The number of para-hydroxylation sites is 4. The molecule has 1 unspecified atom stereocenters. The van der Waals surface area contributed by atoms with Crippen LogP contribution < -0.4 is 4.74 Å². The Labute approximate surface area is 368 Å². The van der Waals surface area contributed by atoms with Gasteiger partial charge in [0.05, 0.1) is 33.5 Å². The number of ether oxygens (including phenoxy) is 1. The summed E-state index contributed by atoms with van der Waals surface area (Å²) in [4.78, 5) is 10.5. The van der Waals surface area contributed by atoms with Crippen LogP contribution in [0, 0.1) is 0 Å². The minimum Gasteiger partial charge on any atom is -0.457 e. The van der Waals surface area contributed by atoms with Crippen molar-refractivity contribution < 1.29 is 9.15 Å². The standard InChI is InChI=1S/C59H35N3O2/c1-3-15-36(16-4-1)48-35-49(37-17-5-2-6-18-37)61-58(60-48)42-21-14-28-55-56(42)43-33-38(29-31-52(43)63-55)39-30-32-54-47(34-39)59(45-23-9-12-27-53(45)64-54)44-22-8-11-26-51(44)62-50-25-10-7-19-40(50)41-20-13-24-46(59)57(41)62/h1-35H. The lowest BCUT2D eigenvalue weighted by Crippen LogP contribution is -2.37. The molecule has 1 spiro atoms. The van der Waals surface area contributed by atoms with Crippen molar-refractivity contribution in [3.8, 4) is 62.2 Å². The van der Waals surface area contributed by atoms with Gasteiger partial charge in [-0.05, 0) is 76.9 Å². The molecule has 5 nitrogen and oxygen atoms in total. The van der Waals surface area contributed by atoms with Crippen LogP contribution in [0.4, 0.5) is 0 Å². The van der Waals surface area contributed by atoms with E-state index in [2.05, 4.69) is 168 Å². The van der Waals surface area contributed by atoms with Crippen molar-refractivity contribution in [1.29, 1.82) is 0 Å². The van der Waals surface area contributed by atoms with Crippen LogP contribution in [0.25, 0.3) is 94.5 Å². The van der Waals surface area contributed by atoms with E-state index < -0.39 is 5.41 Å². The fourth-order valence-electron chi connectivity index (χ4n) is 10.8. The fourth-order valence-corrected chi connectivity index (χ4v) is 10.8. The first-order chi connectivity index (χ1) is 31.7. The Morgan fingerprint density at radius 1 is 0.406 bits per heavy atom. The fraction of sp³-hybridized carbons (Fsp3) is 0.0169. The molecule has 14 rings (SSSR count). The highest BCUT2D eigenvalue weighted by molar-refractivity contribution is 6.14. The molecule has 0 radical (unpaired) electrons. The van der Waals surface area contributed by atoms with Crippen LogP contribution in [-0.4, -0.2) is 14.5 Å². The third kappa shape index (κ3) is 4.83. The molecule has 9 aromatic carbocycles. The number of nitrogens with zero attached hydrogens (tertiary/aromatic N) is 3. The van der Waals surface area contributed by atoms with Gasteiger partial charge in [0.2, 0.25) is 0 Å². The largest absolute Gasteiger partial charge is 0.457 e. The lowest BCUT2D eigenvalue weighted by Gasteiger charge is -2.45. The Morgan fingerprint density at radius 2 is 1.05 bits per heavy atom. The minimum atomic E-state index is -0.669. The van der Waals surface area contributed by atoms with E-state index in [1.807, 2.05) is 48.5 Å². The third-order valence-corrected chi connectivity index (χ3v) is 13.5. The molecule has 64 heavy (non-hydrogen) atoms. The van der Waals surface area contributed by atoms with Crippen LogP contribution in [0.2, 0.25) is 0 Å². The molecule has 5 heterocycles. The van der Waals surface area contributed by atoms with Gasteiger partial charge in [0.1, 0.15) is 22.7 Å². The molecule has 5 heteroatoms. The van der Waals surface area contributed by atoms with E-state index in [1.54, 1.807) is 0 Å². The maximum atomic E-state index is 6.88. The number of rotatable bonds is 4. The topological polar surface area (TPSA) is 53.1 Å². The Morgan fingerprint density at radius 3 is 1.88 bits per heavy atom. The first kappa shape index (κ1) is 35.1. The van der Waals surface area contributed by atoms with Gasteiger partial charge in [0, 0.05) is 49.4 Å². The number of aromatic nitrogens is 3. The minimum absolute atomic E-state index is 0.646. The van der Waals surface area contributed by atoms with Crippen LogP contribution in [0.15, 0.2) is 217 Å². The second kappa shape index (κ2) is 13.2. The first-order valence-electron chi connectivity index (χ1n) is 21.7. The monoisotopic (exact) mass is 817 g/mol. The van der Waals surface area contributed by atoms with E-state index in [1.165, 1.54) is 38.6 Å².